The van der Waals surface area contributed by atoms with Crippen LogP contribution in [0, 0.1) is 10.1 Å². The van der Waals surface area contributed by atoms with Crippen molar-refractivity contribution in [1.29, 1.82) is 0 Å². The molecule has 31 heavy (non-hydrogen) atoms. The molecule has 0 saturated carbocycles. The summed E-state index contributed by atoms with van der Waals surface area (Å²) in [5.41, 5.74) is 1.23. The fourth-order valence-corrected chi connectivity index (χ4v) is 4.21. The van der Waals surface area contributed by atoms with E-state index in [0.29, 0.717) is 32.7 Å². The van der Waals surface area contributed by atoms with Crippen molar-refractivity contribution in [2.75, 3.05) is 0 Å². The zero-order valence-corrected chi connectivity index (χ0v) is 17.9. The van der Waals surface area contributed by atoms with Gasteiger partial charge in [-0.25, -0.2) is 0 Å². The van der Waals surface area contributed by atoms with Crippen molar-refractivity contribution in [3.8, 4) is 11.3 Å². The van der Waals surface area contributed by atoms with E-state index in [9.17, 15) is 19.7 Å². The first kappa shape index (κ1) is 21.2. The van der Waals surface area contributed by atoms with Crippen molar-refractivity contribution in [3.05, 3.63) is 91.0 Å². The second-order valence-corrected chi connectivity index (χ2v) is 8.35. The van der Waals surface area contributed by atoms with Gasteiger partial charge in [0, 0.05) is 33.8 Å². The summed E-state index contributed by atoms with van der Waals surface area (Å²) >= 11 is 12.8. The predicted octanol–water partition coefficient (Wildman–Crippen LogP) is 6.40. The third kappa shape index (κ3) is 4.51. The number of nitro benzene ring substituents is 1. The molecule has 0 spiro atoms. The minimum atomic E-state index is -0.481. The Balaban J connectivity index is 1.52. The van der Waals surface area contributed by atoms with E-state index in [2.05, 4.69) is 0 Å². The largest absolute Gasteiger partial charge is 0.457 e. The van der Waals surface area contributed by atoms with Crippen LogP contribution >= 0.6 is 35.0 Å². The Morgan fingerprint density at radius 2 is 1.81 bits per heavy atom. The van der Waals surface area contributed by atoms with Crippen molar-refractivity contribution >= 4 is 57.9 Å². The summed E-state index contributed by atoms with van der Waals surface area (Å²) in [5.74, 6) is 0.408. The van der Waals surface area contributed by atoms with E-state index in [1.165, 1.54) is 18.2 Å². The number of imide groups is 1. The highest BCUT2D eigenvalue weighted by molar-refractivity contribution is 8.18. The number of non-ortho nitro benzene ring substituents is 1. The third-order valence-electron chi connectivity index (χ3n) is 4.48. The van der Waals surface area contributed by atoms with Crippen LogP contribution in [-0.2, 0) is 11.3 Å². The molecule has 0 radical (unpaired) electrons. The lowest BCUT2D eigenvalue weighted by Crippen LogP contribution is -2.27. The number of rotatable bonds is 5. The maximum Gasteiger partial charge on any atom is 0.293 e. The second-order valence-electron chi connectivity index (χ2n) is 6.51. The number of nitro groups is 1. The summed E-state index contributed by atoms with van der Waals surface area (Å²) in [6, 6.07) is 14.1. The molecule has 1 saturated heterocycles. The fourth-order valence-electron chi connectivity index (χ4n) is 2.92. The summed E-state index contributed by atoms with van der Waals surface area (Å²) in [5, 5.41) is 11.2. The van der Waals surface area contributed by atoms with Crippen LogP contribution in [0.1, 0.15) is 11.3 Å². The molecule has 0 aliphatic carbocycles. The molecule has 1 fully saturated rings. The van der Waals surface area contributed by atoms with Gasteiger partial charge in [-0.2, -0.15) is 0 Å². The first-order valence-corrected chi connectivity index (χ1v) is 10.4. The summed E-state index contributed by atoms with van der Waals surface area (Å²) in [6.07, 6.45) is 1.49. The lowest BCUT2D eigenvalue weighted by molar-refractivity contribution is -0.384. The van der Waals surface area contributed by atoms with E-state index in [-0.39, 0.29) is 17.1 Å². The highest BCUT2D eigenvalue weighted by atomic mass is 35.5. The SMILES string of the molecule is O=C1S/C(=C\c2ccc(-c3ccc([N+](=O)[O-])cc3)o2)C(=O)N1Cc1ccc(Cl)cc1Cl. The van der Waals surface area contributed by atoms with Crippen LogP contribution in [0.2, 0.25) is 10.0 Å². The Hall–Kier alpha value is -3.07. The number of nitrogens with zero attached hydrogens (tertiary/aromatic N) is 2. The van der Waals surface area contributed by atoms with Crippen LogP contribution in [0.25, 0.3) is 17.4 Å². The standard InChI is InChI=1S/C21H12Cl2N2O5S/c22-14-4-1-13(17(23)9-14)11-24-20(26)19(31-21(24)27)10-16-7-8-18(30-16)12-2-5-15(6-3-12)25(28)29/h1-10H,11H2/b19-10-. The normalized spacial score (nSPS) is 15.2. The minimum Gasteiger partial charge on any atom is -0.457 e. The number of carbonyl (C=O) groups excluding carboxylic acids is 2. The van der Waals surface area contributed by atoms with Crippen LogP contribution in [-0.4, -0.2) is 21.0 Å². The maximum atomic E-state index is 12.7. The molecule has 2 aromatic carbocycles. The molecule has 4 rings (SSSR count). The minimum absolute atomic E-state index is 0.0232. The predicted molar refractivity (Wildman–Crippen MR) is 119 cm³/mol. The number of halogens is 2. The van der Waals surface area contributed by atoms with Gasteiger partial charge < -0.3 is 4.42 Å². The first-order chi connectivity index (χ1) is 14.8. The summed E-state index contributed by atoms with van der Waals surface area (Å²) in [6.45, 7) is 0.0320. The molecule has 156 valence electrons. The monoisotopic (exact) mass is 474 g/mol. The van der Waals surface area contributed by atoms with Crippen molar-refractivity contribution < 1.29 is 18.9 Å². The number of thioether (sulfide) groups is 1. The Bertz CT molecular complexity index is 1240. The van der Waals surface area contributed by atoms with Gasteiger partial charge in [0.1, 0.15) is 11.5 Å². The zero-order valence-electron chi connectivity index (χ0n) is 15.6. The topological polar surface area (TPSA) is 93.7 Å². The number of furan rings is 1. The smallest absolute Gasteiger partial charge is 0.293 e. The molecule has 0 bridgehead atoms. The number of benzene rings is 2. The van der Waals surface area contributed by atoms with E-state index in [1.807, 2.05) is 0 Å². The van der Waals surface area contributed by atoms with Gasteiger partial charge in [-0.15, -0.1) is 0 Å². The van der Waals surface area contributed by atoms with Gasteiger partial charge in [-0.05, 0) is 53.7 Å². The maximum absolute atomic E-state index is 12.7. The van der Waals surface area contributed by atoms with Crippen molar-refractivity contribution in [1.82, 2.24) is 4.90 Å². The lowest BCUT2D eigenvalue weighted by Gasteiger charge is -2.13. The highest BCUT2D eigenvalue weighted by Gasteiger charge is 2.35. The van der Waals surface area contributed by atoms with Gasteiger partial charge in [0.2, 0.25) is 0 Å². The fraction of sp³-hybridized carbons (Fsp3) is 0.0476. The van der Waals surface area contributed by atoms with E-state index < -0.39 is 16.1 Å². The quantitative estimate of drug-likeness (QED) is 0.241. The van der Waals surface area contributed by atoms with Crippen LogP contribution in [0.3, 0.4) is 0 Å². The third-order valence-corrected chi connectivity index (χ3v) is 5.97. The molecule has 2 heterocycles. The molecule has 1 aliphatic heterocycles. The van der Waals surface area contributed by atoms with Crippen molar-refractivity contribution in [2.45, 2.75) is 6.54 Å². The van der Waals surface area contributed by atoms with Gasteiger partial charge in [0.25, 0.3) is 16.8 Å². The average Bonchev–Trinajstić information content (AvgIpc) is 3.30. The molecule has 0 N–H and O–H groups in total. The first-order valence-electron chi connectivity index (χ1n) is 8.86. The molecule has 7 nitrogen and oxygen atoms in total. The van der Waals surface area contributed by atoms with E-state index in [4.69, 9.17) is 27.6 Å². The summed E-state index contributed by atoms with van der Waals surface area (Å²) < 4.78 is 5.72. The van der Waals surface area contributed by atoms with Crippen molar-refractivity contribution in [3.63, 3.8) is 0 Å². The lowest BCUT2D eigenvalue weighted by atomic mass is 10.1. The average molecular weight is 475 g/mol. The summed E-state index contributed by atoms with van der Waals surface area (Å²) in [4.78, 5) is 36.7. The molecule has 0 unspecified atom stereocenters. The van der Waals surface area contributed by atoms with Crippen LogP contribution < -0.4 is 0 Å². The van der Waals surface area contributed by atoms with E-state index in [0.717, 1.165) is 16.7 Å². The number of amides is 2. The van der Waals surface area contributed by atoms with Crippen LogP contribution in [0.15, 0.2) is 63.9 Å². The van der Waals surface area contributed by atoms with Crippen molar-refractivity contribution in [2.24, 2.45) is 0 Å². The molecule has 10 heteroatoms. The Morgan fingerprint density at radius 3 is 2.48 bits per heavy atom. The van der Waals surface area contributed by atoms with Gasteiger partial charge in [-0.3, -0.25) is 24.6 Å². The molecule has 0 atom stereocenters. The number of hydrogen-bond donors (Lipinski definition) is 0. The molecule has 3 aromatic rings. The van der Waals surface area contributed by atoms with E-state index >= 15 is 0 Å². The second kappa shape index (κ2) is 8.58. The summed E-state index contributed by atoms with van der Waals surface area (Å²) in [7, 11) is 0. The molecule has 1 aromatic heterocycles. The molecule has 2 amide bonds. The Labute approximate surface area is 190 Å². The van der Waals surface area contributed by atoms with E-state index in [1.54, 1.807) is 42.5 Å². The molecular formula is C21H12Cl2N2O5S. The Morgan fingerprint density at radius 1 is 1.06 bits per heavy atom. The van der Waals surface area contributed by atoms with Gasteiger partial charge in [0.05, 0.1) is 16.4 Å². The number of hydrogen-bond acceptors (Lipinski definition) is 6. The van der Waals surface area contributed by atoms with Gasteiger partial charge in [0.15, 0.2) is 0 Å². The molecular weight excluding hydrogens is 463 g/mol. The van der Waals surface area contributed by atoms with Crippen LogP contribution in [0.4, 0.5) is 10.5 Å². The van der Waals surface area contributed by atoms with Crippen LogP contribution in [0.5, 0.6) is 0 Å². The number of carbonyl (C=O) groups is 2. The zero-order chi connectivity index (χ0) is 22.1. The van der Waals surface area contributed by atoms with Gasteiger partial charge in [-0.1, -0.05) is 29.3 Å². The highest BCUT2D eigenvalue weighted by Crippen LogP contribution is 2.35. The molecule has 1 aliphatic rings. The van der Waals surface area contributed by atoms with Gasteiger partial charge >= 0.3 is 0 Å². The Kier molecular flexibility index (Phi) is 5.86.